The van der Waals surface area contributed by atoms with Crippen molar-refractivity contribution in [2.45, 2.75) is 88.0 Å². The van der Waals surface area contributed by atoms with Crippen LogP contribution in [0.25, 0.3) is 5.57 Å². The van der Waals surface area contributed by atoms with Crippen LogP contribution >= 0.6 is 0 Å². The summed E-state index contributed by atoms with van der Waals surface area (Å²) in [6.45, 7) is 5.22. The van der Waals surface area contributed by atoms with E-state index in [0.717, 1.165) is 85.0 Å². The fourth-order valence-electron chi connectivity index (χ4n) is 9.25. The molecule has 2 aromatic carbocycles. The minimum atomic E-state index is -3.38. The summed E-state index contributed by atoms with van der Waals surface area (Å²) in [6, 6.07) is 16.6. The highest BCUT2D eigenvalue weighted by Gasteiger charge is 2.49. The second kappa shape index (κ2) is 18.1. The average molecular weight is 789 g/mol. The molecule has 0 amide bonds. The third-order valence-corrected chi connectivity index (χ3v) is 14.8. The number of hydrogen-bond donors (Lipinski definition) is 3. The first-order valence-electron chi connectivity index (χ1n) is 21.2. The molecule has 0 aromatic heterocycles. The molecule has 2 aromatic rings. The van der Waals surface area contributed by atoms with Crippen LogP contribution in [0.2, 0.25) is 0 Å². The summed E-state index contributed by atoms with van der Waals surface area (Å²) in [5.41, 5.74) is 17.6. The Hall–Kier alpha value is -5.24. The van der Waals surface area contributed by atoms with E-state index in [2.05, 4.69) is 102 Å². The average Bonchev–Trinajstić information content (AvgIpc) is 3.51. The van der Waals surface area contributed by atoms with Crippen LogP contribution in [0.1, 0.15) is 93.2 Å². The summed E-state index contributed by atoms with van der Waals surface area (Å²) in [5.74, 6) is 0.779. The normalized spacial score (nSPS) is 24.6. The highest BCUT2D eigenvalue weighted by molar-refractivity contribution is 7.96. The zero-order valence-electron chi connectivity index (χ0n) is 33.5. The number of nitrogens with two attached hydrogens (primary N) is 1. The fraction of sp³-hybridized carbons (Fsp3) is 0.314. The van der Waals surface area contributed by atoms with Gasteiger partial charge in [0.1, 0.15) is 12.0 Å². The molecule has 8 rings (SSSR count). The maximum Gasteiger partial charge on any atom is 0.182 e. The van der Waals surface area contributed by atoms with Crippen molar-refractivity contribution in [1.29, 1.82) is 0 Å². The minimum absolute atomic E-state index is 0.0188. The van der Waals surface area contributed by atoms with E-state index in [9.17, 15) is 8.42 Å². The van der Waals surface area contributed by atoms with Crippen molar-refractivity contribution in [2.75, 3.05) is 11.9 Å². The summed E-state index contributed by atoms with van der Waals surface area (Å²) in [7, 11) is -3.38. The molecule has 1 heterocycles. The molecule has 0 radical (unpaired) electrons. The van der Waals surface area contributed by atoms with Crippen molar-refractivity contribution in [3.05, 3.63) is 190 Å². The number of benzene rings is 2. The van der Waals surface area contributed by atoms with Gasteiger partial charge in [0.25, 0.3) is 0 Å². The molecule has 5 aliphatic carbocycles. The molecular formula is C51H56N4O2S. The Kier molecular flexibility index (Phi) is 12.4. The number of sulfone groups is 1. The van der Waals surface area contributed by atoms with Crippen LogP contribution in [0.15, 0.2) is 178 Å². The van der Waals surface area contributed by atoms with Gasteiger partial charge in [-0.1, -0.05) is 128 Å². The van der Waals surface area contributed by atoms with Gasteiger partial charge in [-0.15, -0.1) is 0 Å². The molecule has 1 fully saturated rings. The second-order valence-corrected chi connectivity index (χ2v) is 18.3. The second-order valence-electron chi connectivity index (χ2n) is 16.2. The minimum Gasteiger partial charge on any atom is -0.383 e. The third-order valence-electron chi connectivity index (χ3n) is 12.4. The first-order valence-corrected chi connectivity index (χ1v) is 22.7. The zero-order chi connectivity index (χ0) is 39.9. The molecule has 0 spiro atoms. The maximum absolute atomic E-state index is 13.8. The highest BCUT2D eigenvalue weighted by Crippen LogP contribution is 2.51. The van der Waals surface area contributed by atoms with Crippen LogP contribution in [0.5, 0.6) is 0 Å². The van der Waals surface area contributed by atoms with Gasteiger partial charge in [-0.05, 0) is 116 Å². The van der Waals surface area contributed by atoms with Gasteiger partial charge in [0.2, 0.25) is 0 Å². The Bertz CT molecular complexity index is 2360. The van der Waals surface area contributed by atoms with E-state index < -0.39 is 9.84 Å². The standard InChI is InChI=1S/C51H56N4O2S/c1-36(16-12-13-33-53-47-27-10-8-23-43(47)45-25-15-26-46-44-24-9-11-28-48(44)58(56,57)49(45)46)41-21-14-22-42(34-41)38-29-31-39(32-30-38)50(52)55-51(40-19-6-3-7-20-40)54-35-37-17-4-2-5-18-37/h2,4,8-10,12-14,16-17,19,21-24,26-27,29-33,42,44,48,51,53-54H,1,3,5-7,11,15,18,20,25,28,34-35H2,(H2,52,55)/b16-12-,33-13-. The van der Waals surface area contributed by atoms with Crippen LogP contribution in [-0.2, 0) is 9.84 Å². The number of nitrogens with zero attached hydrogens (tertiary/aromatic N) is 1. The van der Waals surface area contributed by atoms with Gasteiger partial charge in [-0.25, -0.2) is 13.4 Å². The van der Waals surface area contributed by atoms with Crippen LogP contribution in [0.4, 0.5) is 5.69 Å². The Balaban J connectivity index is 0.886. The van der Waals surface area contributed by atoms with E-state index in [1.165, 1.54) is 35.1 Å². The molecule has 4 atom stereocenters. The monoisotopic (exact) mass is 788 g/mol. The van der Waals surface area contributed by atoms with Crippen molar-refractivity contribution in [1.82, 2.24) is 5.32 Å². The number of aliphatic imine (C=N–C) groups is 1. The molecule has 58 heavy (non-hydrogen) atoms. The Morgan fingerprint density at radius 3 is 2.62 bits per heavy atom. The van der Waals surface area contributed by atoms with Crippen molar-refractivity contribution in [2.24, 2.45) is 16.6 Å². The summed E-state index contributed by atoms with van der Waals surface area (Å²) < 4.78 is 27.6. The molecule has 1 saturated heterocycles. The quantitative estimate of drug-likeness (QED) is 0.0813. The van der Waals surface area contributed by atoms with Gasteiger partial charge in [-0.3, -0.25) is 5.32 Å². The van der Waals surface area contributed by atoms with E-state index in [-0.39, 0.29) is 23.3 Å². The highest BCUT2D eigenvalue weighted by atomic mass is 32.2. The van der Waals surface area contributed by atoms with Gasteiger partial charge in [0, 0.05) is 41.4 Å². The number of hydrogen-bond acceptors (Lipinski definition) is 5. The van der Waals surface area contributed by atoms with Gasteiger partial charge < -0.3 is 11.1 Å². The number of rotatable bonds is 13. The molecule has 7 heteroatoms. The summed E-state index contributed by atoms with van der Waals surface area (Å²) in [4.78, 5) is 5.61. The van der Waals surface area contributed by atoms with Gasteiger partial charge in [-0.2, -0.15) is 0 Å². The van der Waals surface area contributed by atoms with Gasteiger partial charge in [0.15, 0.2) is 9.84 Å². The molecule has 4 N–H and O–H groups in total. The van der Waals surface area contributed by atoms with E-state index in [0.29, 0.717) is 23.6 Å². The Morgan fingerprint density at radius 1 is 0.914 bits per heavy atom. The topological polar surface area (TPSA) is 96.6 Å². The van der Waals surface area contributed by atoms with E-state index in [4.69, 9.17) is 10.7 Å². The smallest absolute Gasteiger partial charge is 0.182 e. The molecule has 0 saturated carbocycles. The molecule has 4 unspecified atom stereocenters. The predicted molar refractivity (Wildman–Crippen MR) is 243 cm³/mol. The van der Waals surface area contributed by atoms with Crippen molar-refractivity contribution in [3.63, 3.8) is 0 Å². The van der Waals surface area contributed by atoms with Crippen molar-refractivity contribution in [3.8, 4) is 0 Å². The van der Waals surface area contributed by atoms with Gasteiger partial charge in [0.05, 0.1) is 10.2 Å². The molecule has 0 bridgehead atoms. The largest absolute Gasteiger partial charge is 0.383 e. The summed E-state index contributed by atoms with van der Waals surface area (Å²) in [5, 5.41) is 6.81. The third kappa shape index (κ3) is 8.76. The number of allylic oxidation sites excluding steroid dienone is 17. The lowest BCUT2D eigenvalue weighted by Gasteiger charge is -2.23. The lowest BCUT2D eigenvalue weighted by Crippen LogP contribution is -2.34. The maximum atomic E-state index is 13.8. The Labute approximate surface area is 345 Å². The first-order chi connectivity index (χ1) is 28.4. The number of anilines is 1. The molecule has 6 nitrogen and oxygen atoms in total. The molecule has 1 aliphatic heterocycles. The van der Waals surface area contributed by atoms with E-state index in [1.807, 2.05) is 48.7 Å². The molecule has 298 valence electrons. The zero-order valence-corrected chi connectivity index (χ0v) is 34.3. The molecule has 6 aliphatic rings. The van der Waals surface area contributed by atoms with Crippen LogP contribution < -0.4 is 16.4 Å². The number of nitrogens with one attached hydrogen (secondary N) is 2. The number of para-hydroxylation sites is 1. The fourth-order valence-corrected chi connectivity index (χ4v) is 11.7. The summed E-state index contributed by atoms with van der Waals surface area (Å²) >= 11 is 0. The van der Waals surface area contributed by atoms with Crippen LogP contribution in [0.3, 0.4) is 0 Å². The number of fused-ring (bicyclic) bond motifs is 3. The first kappa shape index (κ1) is 39.6. The lowest BCUT2D eigenvalue weighted by molar-refractivity contribution is 0.560. The van der Waals surface area contributed by atoms with Crippen LogP contribution in [0, 0.1) is 5.92 Å². The van der Waals surface area contributed by atoms with E-state index >= 15 is 0 Å². The lowest BCUT2D eigenvalue weighted by atomic mass is 9.83. The van der Waals surface area contributed by atoms with Crippen molar-refractivity contribution < 1.29 is 8.42 Å². The van der Waals surface area contributed by atoms with E-state index in [1.54, 1.807) is 0 Å². The molecular weight excluding hydrogens is 733 g/mol. The summed E-state index contributed by atoms with van der Waals surface area (Å²) in [6.07, 6.45) is 40.4. The van der Waals surface area contributed by atoms with Crippen molar-refractivity contribution >= 4 is 26.9 Å². The number of amidine groups is 1. The Morgan fingerprint density at radius 2 is 1.79 bits per heavy atom. The SMILES string of the molecule is C=C(/C=C\C=C/Nc1ccccc1C1=C2C(=CCC1)C1C=CCCC1S2(=O)=O)C1=CC=CC(c2ccc(C(N)=NC(NCC3=CC=CCC3)C3=CCCCC3)cc2)C1. The van der Waals surface area contributed by atoms with Crippen LogP contribution in [-0.4, -0.2) is 32.2 Å². The predicted octanol–water partition coefficient (Wildman–Crippen LogP) is 11.0. The van der Waals surface area contributed by atoms with Gasteiger partial charge >= 0.3 is 0 Å².